The van der Waals surface area contributed by atoms with Gasteiger partial charge in [-0.05, 0) is 51.2 Å². The number of halogens is 1. The molecule has 2 aromatic rings. The number of aryl methyl sites for hydroxylation is 2. The Morgan fingerprint density at radius 1 is 1.19 bits per heavy atom. The Bertz CT molecular complexity index is 871. The average Bonchev–Trinajstić information content (AvgIpc) is 3.42. The van der Waals surface area contributed by atoms with Gasteiger partial charge in [0.2, 0.25) is 0 Å². The highest BCUT2D eigenvalue weighted by molar-refractivity contribution is 14.0. The summed E-state index contributed by atoms with van der Waals surface area (Å²) >= 11 is 0. The molecule has 2 saturated heterocycles. The highest BCUT2D eigenvalue weighted by atomic mass is 127. The van der Waals surface area contributed by atoms with E-state index in [1.165, 1.54) is 5.56 Å². The largest absolute Gasteiger partial charge is 0.376 e. The highest BCUT2D eigenvalue weighted by Gasteiger charge is 2.22. The van der Waals surface area contributed by atoms with Crippen LogP contribution in [0.2, 0.25) is 0 Å². The Hall–Kier alpha value is -1.95. The summed E-state index contributed by atoms with van der Waals surface area (Å²) in [6, 6.07) is 4.61. The van der Waals surface area contributed by atoms with Crippen molar-refractivity contribution in [1.82, 2.24) is 30.4 Å². The lowest BCUT2D eigenvalue weighted by molar-refractivity contribution is 0.113. The number of aromatic nitrogens is 4. The Balaban J connectivity index is 0.00000289. The standard InChI is InChI=1S/C22H34N8O.HI/c1-16-6-7-20(23-13-16)30-10-8-18(9-11-30)26-22(24-14-19-5-4-12-31-19)25-15-21-28-27-17(2)29(21)3;/h6-7,13,18-19H,4-5,8-12,14-15H2,1-3H3,(H2,24,25,26);1H. The fraction of sp³-hybridized carbons (Fsp3) is 0.636. The number of pyridine rings is 1. The van der Waals surface area contributed by atoms with Crippen LogP contribution in [-0.2, 0) is 18.3 Å². The van der Waals surface area contributed by atoms with E-state index in [1.54, 1.807) is 0 Å². The first-order valence-electron chi connectivity index (χ1n) is 11.3. The van der Waals surface area contributed by atoms with E-state index in [0.717, 1.165) is 75.4 Å². The predicted molar refractivity (Wildman–Crippen MR) is 137 cm³/mol. The number of nitrogens with one attached hydrogen (secondary N) is 2. The molecular formula is C22H35IN8O. The molecule has 0 aromatic carbocycles. The topological polar surface area (TPSA) is 92.5 Å². The summed E-state index contributed by atoms with van der Waals surface area (Å²) in [4.78, 5) is 11.7. The van der Waals surface area contributed by atoms with Crippen LogP contribution in [0.4, 0.5) is 5.82 Å². The second-order valence-corrected chi connectivity index (χ2v) is 8.50. The van der Waals surface area contributed by atoms with Crippen molar-refractivity contribution in [3.8, 4) is 0 Å². The summed E-state index contributed by atoms with van der Waals surface area (Å²) in [6.45, 7) is 8.10. The van der Waals surface area contributed by atoms with Crippen molar-refractivity contribution < 1.29 is 4.74 Å². The Labute approximate surface area is 207 Å². The molecule has 10 heteroatoms. The molecule has 0 bridgehead atoms. The van der Waals surface area contributed by atoms with Gasteiger partial charge in [-0.15, -0.1) is 34.2 Å². The van der Waals surface area contributed by atoms with Gasteiger partial charge in [-0.3, -0.25) is 0 Å². The third-order valence-electron chi connectivity index (χ3n) is 6.14. The Morgan fingerprint density at radius 2 is 2.00 bits per heavy atom. The van der Waals surface area contributed by atoms with Crippen molar-refractivity contribution in [2.75, 3.05) is 31.1 Å². The number of hydrogen-bond donors (Lipinski definition) is 2. The van der Waals surface area contributed by atoms with Crippen molar-refractivity contribution in [2.45, 2.75) is 58.2 Å². The molecule has 9 nitrogen and oxygen atoms in total. The number of hydrogen-bond acceptors (Lipinski definition) is 6. The minimum Gasteiger partial charge on any atom is -0.376 e. The number of rotatable bonds is 6. The SMILES string of the molecule is Cc1ccc(N2CCC(NC(=NCc3nnc(C)n3C)NCC3CCCO3)CC2)nc1.I. The van der Waals surface area contributed by atoms with Gasteiger partial charge in [0.25, 0.3) is 0 Å². The van der Waals surface area contributed by atoms with E-state index in [9.17, 15) is 0 Å². The number of guanidine groups is 1. The Morgan fingerprint density at radius 3 is 2.62 bits per heavy atom. The number of nitrogens with zero attached hydrogens (tertiary/aromatic N) is 6. The van der Waals surface area contributed by atoms with Crippen LogP contribution < -0.4 is 15.5 Å². The lowest BCUT2D eigenvalue weighted by Crippen LogP contribution is -2.50. The van der Waals surface area contributed by atoms with E-state index in [0.29, 0.717) is 12.6 Å². The molecule has 2 N–H and O–H groups in total. The van der Waals surface area contributed by atoms with Gasteiger partial charge in [0, 0.05) is 45.5 Å². The molecule has 0 saturated carbocycles. The van der Waals surface area contributed by atoms with E-state index in [2.05, 4.69) is 49.8 Å². The normalized spacial score (nSPS) is 19.7. The van der Waals surface area contributed by atoms with Crippen molar-refractivity contribution >= 4 is 35.8 Å². The molecule has 176 valence electrons. The summed E-state index contributed by atoms with van der Waals surface area (Å²) in [5.74, 6) is 3.63. The summed E-state index contributed by atoms with van der Waals surface area (Å²) in [7, 11) is 1.97. The zero-order valence-electron chi connectivity index (χ0n) is 19.3. The first-order chi connectivity index (χ1) is 15.1. The van der Waals surface area contributed by atoms with Gasteiger partial charge in [0.05, 0.1) is 6.10 Å². The number of aliphatic imine (C=N–C) groups is 1. The molecule has 4 rings (SSSR count). The van der Waals surface area contributed by atoms with Crippen molar-refractivity contribution in [2.24, 2.45) is 12.0 Å². The molecule has 0 radical (unpaired) electrons. The van der Waals surface area contributed by atoms with Gasteiger partial charge in [-0.1, -0.05) is 6.07 Å². The monoisotopic (exact) mass is 554 g/mol. The van der Waals surface area contributed by atoms with Gasteiger partial charge in [0.15, 0.2) is 11.8 Å². The fourth-order valence-electron chi connectivity index (χ4n) is 4.00. The zero-order valence-corrected chi connectivity index (χ0v) is 21.6. The van der Waals surface area contributed by atoms with Crippen LogP contribution in [-0.4, -0.2) is 64.1 Å². The molecule has 2 aliphatic rings. The lowest BCUT2D eigenvalue weighted by Gasteiger charge is -2.34. The second-order valence-electron chi connectivity index (χ2n) is 8.50. The first-order valence-corrected chi connectivity index (χ1v) is 11.3. The van der Waals surface area contributed by atoms with Crippen molar-refractivity contribution in [3.63, 3.8) is 0 Å². The van der Waals surface area contributed by atoms with Gasteiger partial charge in [0.1, 0.15) is 18.2 Å². The van der Waals surface area contributed by atoms with E-state index < -0.39 is 0 Å². The summed E-state index contributed by atoms with van der Waals surface area (Å²) in [6.07, 6.45) is 6.52. The molecule has 4 heterocycles. The lowest BCUT2D eigenvalue weighted by atomic mass is 10.1. The van der Waals surface area contributed by atoms with E-state index in [-0.39, 0.29) is 30.1 Å². The number of ether oxygens (including phenoxy) is 1. The van der Waals surface area contributed by atoms with Gasteiger partial charge in [-0.25, -0.2) is 9.98 Å². The van der Waals surface area contributed by atoms with Crippen LogP contribution in [0.1, 0.15) is 42.9 Å². The van der Waals surface area contributed by atoms with Crippen LogP contribution in [0.25, 0.3) is 0 Å². The molecule has 2 aliphatic heterocycles. The molecule has 2 fully saturated rings. The number of anilines is 1. The highest BCUT2D eigenvalue weighted by Crippen LogP contribution is 2.18. The molecule has 32 heavy (non-hydrogen) atoms. The van der Waals surface area contributed by atoms with Crippen LogP contribution >= 0.6 is 24.0 Å². The zero-order chi connectivity index (χ0) is 21.6. The molecular weight excluding hydrogens is 519 g/mol. The molecule has 1 atom stereocenters. The smallest absolute Gasteiger partial charge is 0.192 e. The maximum atomic E-state index is 5.76. The van der Waals surface area contributed by atoms with Gasteiger partial charge >= 0.3 is 0 Å². The van der Waals surface area contributed by atoms with Crippen molar-refractivity contribution in [3.05, 3.63) is 35.5 Å². The van der Waals surface area contributed by atoms with Crippen LogP contribution in [0.15, 0.2) is 23.3 Å². The van der Waals surface area contributed by atoms with E-state index in [4.69, 9.17) is 9.73 Å². The molecule has 0 amide bonds. The number of piperidine rings is 1. The van der Waals surface area contributed by atoms with Gasteiger partial charge < -0.3 is 24.8 Å². The second kappa shape index (κ2) is 11.8. The summed E-state index contributed by atoms with van der Waals surface area (Å²) in [5, 5.41) is 15.5. The predicted octanol–water partition coefficient (Wildman–Crippen LogP) is 2.33. The maximum absolute atomic E-state index is 5.76. The first kappa shape index (κ1) is 24.7. The van der Waals surface area contributed by atoms with Crippen LogP contribution in [0, 0.1) is 13.8 Å². The maximum Gasteiger partial charge on any atom is 0.192 e. The molecule has 0 aliphatic carbocycles. The minimum absolute atomic E-state index is 0. The average molecular weight is 554 g/mol. The minimum atomic E-state index is 0. The summed E-state index contributed by atoms with van der Waals surface area (Å²) < 4.78 is 7.75. The molecule has 1 unspecified atom stereocenters. The molecule has 2 aromatic heterocycles. The van der Waals surface area contributed by atoms with Crippen molar-refractivity contribution in [1.29, 1.82) is 0 Å². The third-order valence-corrected chi connectivity index (χ3v) is 6.14. The van der Waals surface area contributed by atoms with Gasteiger partial charge in [-0.2, -0.15) is 0 Å². The van der Waals surface area contributed by atoms with Crippen LogP contribution in [0.3, 0.4) is 0 Å². The molecule has 0 spiro atoms. The fourth-order valence-corrected chi connectivity index (χ4v) is 4.00. The third kappa shape index (κ3) is 6.53. The van der Waals surface area contributed by atoms with Crippen LogP contribution in [0.5, 0.6) is 0 Å². The Kier molecular flexibility index (Phi) is 9.09. The summed E-state index contributed by atoms with van der Waals surface area (Å²) in [5.41, 5.74) is 1.19. The van der Waals surface area contributed by atoms with E-state index in [1.807, 2.05) is 24.7 Å². The van der Waals surface area contributed by atoms with E-state index >= 15 is 0 Å². The quantitative estimate of drug-likeness (QED) is 0.322.